The van der Waals surface area contributed by atoms with Gasteiger partial charge < -0.3 is 14.8 Å². The van der Waals surface area contributed by atoms with E-state index in [0.29, 0.717) is 0 Å². The second kappa shape index (κ2) is 10.6. The fourth-order valence-corrected chi connectivity index (χ4v) is 4.36. The van der Waals surface area contributed by atoms with Crippen molar-refractivity contribution < 1.29 is 0 Å². The summed E-state index contributed by atoms with van der Waals surface area (Å²) in [6, 6.07) is 21.6. The molecule has 2 heterocycles. The van der Waals surface area contributed by atoms with Gasteiger partial charge in [0.25, 0.3) is 0 Å². The number of fused-ring (bicyclic) bond motifs is 3. The molecule has 0 bridgehead atoms. The van der Waals surface area contributed by atoms with Gasteiger partial charge in [-0.25, -0.2) is 0 Å². The molecule has 4 nitrogen and oxygen atoms in total. The first-order valence-corrected chi connectivity index (χ1v) is 11.6. The molecule has 0 amide bonds. The summed E-state index contributed by atoms with van der Waals surface area (Å²) in [5, 5.41) is 6.18. The Morgan fingerprint density at radius 1 is 0.871 bits per heavy atom. The lowest BCUT2D eigenvalue weighted by Crippen LogP contribution is -2.25. The zero-order chi connectivity index (χ0) is 21.5. The van der Waals surface area contributed by atoms with Crippen LogP contribution in [0.25, 0.3) is 21.8 Å². The number of aromatic nitrogens is 2. The Kier molecular flexibility index (Phi) is 7.34. The molecule has 4 aromatic rings. The van der Waals surface area contributed by atoms with Crippen molar-refractivity contribution in [2.45, 2.75) is 39.8 Å². The zero-order valence-electron chi connectivity index (χ0n) is 18.8. The van der Waals surface area contributed by atoms with Gasteiger partial charge in [0.15, 0.2) is 0 Å². The summed E-state index contributed by atoms with van der Waals surface area (Å²) in [5.41, 5.74) is 4.89. The van der Waals surface area contributed by atoms with Crippen LogP contribution in [0.5, 0.6) is 0 Å². The lowest BCUT2D eigenvalue weighted by atomic mass is 10.1. The van der Waals surface area contributed by atoms with Gasteiger partial charge in [-0.05, 0) is 56.7 Å². The molecular formula is C27H34N4. The highest BCUT2D eigenvalue weighted by Gasteiger charge is 2.12. The second-order valence-electron chi connectivity index (χ2n) is 8.19. The van der Waals surface area contributed by atoms with Crippen LogP contribution in [0.4, 0.5) is 0 Å². The van der Waals surface area contributed by atoms with E-state index in [9.17, 15) is 0 Å². The first-order valence-electron chi connectivity index (χ1n) is 11.6. The molecule has 0 atom stereocenters. The summed E-state index contributed by atoms with van der Waals surface area (Å²) in [4.78, 5) is 7.27. The average molecular weight is 415 g/mol. The van der Waals surface area contributed by atoms with Crippen molar-refractivity contribution in [3.63, 3.8) is 0 Å². The number of benzene rings is 2. The summed E-state index contributed by atoms with van der Waals surface area (Å²) < 4.78 is 2.39. The zero-order valence-corrected chi connectivity index (χ0v) is 18.8. The van der Waals surface area contributed by atoms with E-state index in [1.165, 1.54) is 46.8 Å². The molecule has 31 heavy (non-hydrogen) atoms. The van der Waals surface area contributed by atoms with E-state index < -0.39 is 0 Å². The first kappa shape index (κ1) is 21.5. The molecule has 1 N–H and O–H groups in total. The molecular weight excluding hydrogens is 380 g/mol. The molecule has 0 aliphatic heterocycles. The van der Waals surface area contributed by atoms with Gasteiger partial charge in [-0.2, -0.15) is 0 Å². The minimum atomic E-state index is 0.819. The largest absolute Gasteiger partial charge is 0.335 e. The Morgan fingerprint density at radius 3 is 2.45 bits per heavy atom. The van der Waals surface area contributed by atoms with Gasteiger partial charge in [-0.15, -0.1) is 0 Å². The molecule has 0 aliphatic carbocycles. The topological polar surface area (TPSA) is 33.1 Å². The molecule has 2 aromatic carbocycles. The highest BCUT2D eigenvalue weighted by molar-refractivity contribution is 6.07. The maximum atomic E-state index is 4.79. The number of para-hydroxylation sites is 1. The Balaban J connectivity index is 1.46. The first-order chi connectivity index (χ1) is 15.3. The minimum absolute atomic E-state index is 0.819. The number of hydrogen-bond acceptors (Lipinski definition) is 3. The third kappa shape index (κ3) is 5.15. The van der Waals surface area contributed by atoms with E-state index >= 15 is 0 Å². The number of unbranched alkanes of at least 4 members (excludes halogenated alkanes) is 1. The van der Waals surface area contributed by atoms with Crippen molar-refractivity contribution in [3.05, 3.63) is 78.1 Å². The molecule has 4 rings (SSSR count). The van der Waals surface area contributed by atoms with Gasteiger partial charge >= 0.3 is 0 Å². The molecule has 0 radical (unpaired) electrons. The Morgan fingerprint density at radius 2 is 1.65 bits per heavy atom. The molecule has 0 fully saturated rings. The van der Waals surface area contributed by atoms with Gasteiger partial charge in [0.2, 0.25) is 0 Å². The highest BCUT2D eigenvalue weighted by Crippen LogP contribution is 2.29. The van der Waals surface area contributed by atoms with Crippen LogP contribution in [0.3, 0.4) is 0 Å². The summed E-state index contributed by atoms with van der Waals surface area (Å²) in [6.07, 6.45) is 4.50. The molecule has 0 saturated carbocycles. The van der Waals surface area contributed by atoms with Crippen LogP contribution in [-0.2, 0) is 13.1 Å². The SMILES string of the molecule is CCN(CC)CCCCNCc1cc2c3ccccc3n(Cc3ccccc3)c2cn1. The van der Waals surface area contributed by atoms with Gasteiger partial charge in [-0.1, -0.05) is 62.4 Å². The smallest absolute Gasteiger partial charge is 0.0681 e. The van der Waals surface area contributed by atoms with E-state index in [4.69, 9.17) is 4.98 Å². The number of pyridine rings is 1. The predicted molar refractivity (Wildman–Crippen MR) is 132 cm³/mol. The summed E-state index contributed by atoms with van der Waals surface area (Å²) in [5.74, 6) is 0. The maximum Gasteiger partial charge on any atom is 0.0681 e. The van der Waals surface area contributed by atoms with Crippen molar-refractivity contribution >= 4 is 21.8 Å². The van der Waals surface area contributed by atoms with Crippen molar-refractivity contribution in [1.29, 1.82) is 0 Å². The van der Waals surface area contributed by atoms with E-state index in [1.54, 1.807) is 0 Å². The molecule has 0 aliphatic rings. The van der Waals surface area contributed by atoms with Crippen molar-refractivity contribution in [3.8, 4) is 0 Å². The number of nitrogens with one attached hydrogen (secondary N) is 1. The summed E-state index contributed by atoms with van der Waals surface area (Å²) in [6.45, 7) is 10.7. The van der Waals surface area contributed by atoms with E-state index in [1.807, 2.05) is 0 Å². The van der Waals surface area contributed by atoms with E-state index in [2.05, 4.69) is 95.5 Å². The van der Waals surface area contributed by atoms with Gasteiger partial charge in [-0.3, -0.25) is 4.98 Å². The maximum absolute atomic E-state index is 4.79. The van der Waals surface area contributed by atoms with Crippen LogP contribution >= 0.6 is 0 Å². The summed E-state index contributed by atoms with van der Waals surface area (Å²) in [7, 11) is 0. The lowest BCUT2D eigenvalue weighted by molar-refractivity contribution is 0.296. The molecule has 0 spiro atoms. The summed E-state index contributed by atoms with van der Waals surface area (Å²) >= 11 is 0. The Bertz CT molecular complexity index is 1100. The third-order valence-corrected chi connectivity index (χ3v) is 6.18. The van der Waals surface area contributed by atoms with Crippen LogP contribution in [0, 0.1) is 0 Å². The molecule has 2 aromatic heterocycles. The van der Waals surface area contributed by atoms with Gasteiger partial charge in [0.1, 0.15) is 0 Å². The van der Waals surface area contributed by atoms with Crippen LogP contribution in [0.1, 0.15) is 37.9 Å². The van der Waals surface area contributed by atoms with Gasteiger partial charge in [0, 0.05) is 29.4 Å². The van der Waals surface area contributed by atoms with Crippen molar-refractivity contribution in [2.24, 2.45) is 0 Å². The number of rotatable bonds is 11. The normalized spacial score (nSPS) is 11.7. The molecule has 162 valence electrons. The standard InChI is InChI=1S/C27H34N4/c1-3-30(4-2)17-11-10-16-28-19-23-18-25-24-14-8-9-15-26(24)31(27(25)20-29-23)21-22-12-6-5-7-13-22/h5-9,12-15,18,20,28H,3-4,10-11,16-17,19,21H2,1-2H3. The van der Waals surface area contributed by atoms with Gasteiger partial charge in [0.05, 0.1) is 17.4 Å². The van der Waals surface area contributed by atoms with Crippen LogP contribution in [0.15, 0.2) is 66.9 Å². The van der Waals surface area contributed by atoms with Crippen molar-refractivity contribution in [2.75, 3.05) is 26.2 Å². The quantitative estimate of drug-likeness (QED) is 0.331. The Hall–Kier alpha value is -2.69. The van der Waals surface area contributed by atoms with Crippen LogP contribution in [-0.4, -0.2) is 40.6 Å². The predicted octanol–water partition coefficient (Wildman–Crippen LogP) is 5.45. The third-order valence-electron chi connectivity index (χ3n) is 6.18. The van der Waals surface area contributed by atoms with E-state index in [-0.39, 0.29) is 0 Å². The monoisotopic (exact) mass is 414 g/mol. The lowest BCUT2D eigenvalue weighted by Gasteiger charge is -2.17. The van der Waals surface area contributed by atoms with Crippen LogP contribution < -0.4 is 5.32 Å². The second-order valence-corrected chi connectivity index (χ2v) is 8.19. The molecule has 0 saturated heterocycles. The Labute approximate surface area is 185 Å². The number of nitrogens with zero attached hydrogens (tertiary/aromatic N) is 3. The van der Waals surface area contributed by atoms with E-state index in [0.717, 1.165) is 38.4 Å². The average Bonchev–Trinajstić information content (AvgIpc) is 3.12. The van der Waals surface area contributed by atoms with Crippen molar-refractivity contribution in [1.82, 2.24) is 19.8 Å². The highest BCUT2D eigenvalue weighted by atomic mass is 15.1. The fraction of sp³-hybridized carbons (Fsp3) is 0.370. The molecule has 0 unspecified atom stereocenters. The minimum Gasteiger partial charge on any atom is -0.335 e. The fourth-order valence-electron chi connectivity index (χ4n) is 4.36. The van der Waals surface area contributed by atoms with Crippen LogP contribution in [0.2, 0.25) is 0 Å². The molecule has 4 heteroatoms. The number of hydrogen-bond donors (Lipinski definition) is 1.